The Morgan fingerprint density at radius 1 is 0.914 bits per heavy atom. The molecule has 4 aromatic rings. The Labute approximate surface area is 208 Å². The van der Waals surface area contributed by atoms with Gasteiger partial charge < -0.3 is 20.0 Å². The number of nitrogens with two attached hydrogens (primary N) is 1. The fourth-order valence-electron chi connectivity index (χ4n) is 4.08. The van der Waals surface area contributed by atoms with Crippen LogP contribution in [0.25, 0.3) is 33.3 Å². The number of aromatic nitrogens is 4. The number of rotatable bonds is 6. The fraction of sp³-hybridized carbons (Fsp3) is 0.444. The van der Waals surface area contributed by atoms with Crippen molar-refractivity contribution in [3.63, 3.8) is 0 Å². The van der Waals surface area contributed by atoms with Crippen LogP contribution in [0.15, 0.2) is 42.6 Å². The molecule has 0 amide bonds. The van der Waals surface area contributed by atoms with Gasteiger partial charge in [0.2, 0.25) is 0 Å². The van der Waals surface area contributed by atoms with Gasteiger partial charge in [-0.15, -0.1) is 0 Å². The molecule has 2 aromatic heterocycles. The predicted octanol–water partition coefficient (Wildman–Crippen LogP) is 4.78. The van der Waals surface area contributed by atoms with Gasteiger partial charge in [0.05, 0.1) is 23.1 Å². The second-order valence-electron chi connectivity index (χ2n) is 9.77. The maximum Gasteiger partial charge on any atom is 0.494 e. The van der Waals surface area contributed by atoms with Gasteiger partial charge in [-0.3, -0.25) is 0 Å². The summed E-state index contributed by atoms with van der Waals surface area (Å²) < 4.78 is 12.4. The number of H-pyrrole nitrogens is 1. The van der Waals surface area contributed by atoms with Crippen molar-refractivity contribution >= 4 is 34.6 Å². The van der Waals surface area contributed by atoms with Crippen LogP contribution in [0.3, 0.4) is 0 Å². The van der Waals surface area contributed by atoms with Gasteiger partial charge in [0, 0.05) is 12.0 Å². The molecule has 0 saturated carbocycles. The summed E-state index contributed by atoms with van der Waals surface area (Å²) in [5.74, 6) is 0.907. The average molecular weight is 473 g/mol. The van der Waals surface area contributed by atoms with Crippen LogP contribution in [-0.2, 0) is 15.7 Å². The third kappa shape index (κ3) is 5.10. The minimum atomic E-state index is -0.369. The van der Waals surface area contributed by atoms with Crippen molar-refractivity contribution in [1.82, 2.24) is 19.9 Å². The maximum atomic E-state index is 6.21. The summed E-state index contributed by atoms with van der Waals surface area (Å²) in [7, 11) is -0.369. The highest BCUT2D eigenvalue weighted by molar-refractivity contribution is 6.62. The van der Waals surface area contributed by atoms with Crippen LogP contribution in [-0.4, -0.2) is 44.8 Å². The summed E-state index contributed by atoms with van der Waals surface area (Å²) in [6.07, 6.45) is 4.62. The number of fused-ring (bicyclic) bond motifs is 2. The highest BCUT2D eigenvalue weighted by Crippen LogP contribution is 2.36. The lowest BCUT2D eigenvalue weighted by Gasteiger charge is -2.32. The smallest absolute Gasteiger partial charge is 0.399 e. The first-order valence-corrected chi connectivity index (χ1v) is 12.6. The van der Waals surface area contributed by atoms with E-state index in [0.717, 1.165) is 52.6 Å². The Morgan fingerprint density at radius 2 is 1.60 bits per heavy atom. The Morgan fingerprint density at radius 3 is 2.31 bits per heavy atom. The zero-order valence-electron chi connectivity index (χ0n) is 21.7. The zero-order chi connectivity index (χ0) is 25.2. The van der Waals surface area contributed by atoms with Crippen molar-refractivity contribution in [3.05, 3.63) is 48.4 Å². The topological polar surface area (TPSA) is 98.9 Å². The Hall–Kier alpha value is -2.81. The van der Waals surface area contributed by atoms with E-state index in [4.69, 9.17) is 20.0 Å². The number of nitrogens with one attached hydrogen (secondary N) is 1. The normalized spacial score (nSPS) is 16.5. The van der Waals surface area contributed by atoms with Crippen molar-refractivity contribution < 1.29 is 9.31 Å². The summed E-state index contributed by atoms with van der Waals surface area (Å²) in [6.45, 7) is 13.0. The Kier molecular flexibility index (Phi) is 7.26. The third-order valence-corrected chi connectivity index (χ3v) is 6.81. The molecule has 0 unspecified atom stereocenters. The molecular weight excluding hydrogens is 437 g/mol. The van der Waals surface area contributed by atoms with Crippen molar-refractivity contribution in [2.75, 3.05) is 6.54 Å². The van der Waals surface area contributed by atoms with Gasteiger partial charge in [-0.2, -0.15) is 0 Å². The van der Waals surface area contributed by atoms with Crippen LogP contribution in [0.4, 0.5) is 0 Å². The molecule has 2 aromatic carbocycles. The van der Waals surface area contributed by atoms with Crippen molar-refractivity contribution in [1.29, 1.82) is 0 Å². The van der Waals surface area contributed by atoms with E-state index in [2.05, 4.69) is 79.0 Å². The molecule has 5 rings (SSSR count). The molecule has 1 saturated heterocycles. The molecule has 0 atom stereocenters. The minimum Gasteiger partial charge on any atom is -0.399 e. The molecule has 3 N–H and O–H groups in total. The molecule has 1 aliphatic heterocycles. The highest BCUT2D eigenvalue weighted by Gasteiger charge is 2.51. The lowest BCUT2D eigenvalue weighted by atomic mass is 9.78. The molecule has 35 heavy (non-hydrogen) atoms. The van der Waals surface area contributed by atoms with Crippen LogP contribution in [0, 0.1) is 0 Å². The molecule has 1 aliphatic rings. The van der Waals surface area contributed by atoms with E-state index in [9.17, 15) is 0 Å². The number of nitrogens with zero attached hydrogens (tertiary/aromatic N) is 3. The van der Waals surface area contributed by atoms with Crippen molar-refractivity contribution in [3.8, 4) is 11.3 Å². The van der Waals surface area contributed by atoms with Crippen LogP contribution < -0.4 is 11.2 Å². The Balaban J connectivity index is 0.00000141. The van der Waals surface area contributed by atoms with Gasteiger partial charge in [0.15, 0.2) is 11.3 Å². The monoisotopic (exact) mass is 473 g/mol. The van der Waals surface area contributed by atoms with Crippen molar-refractivity contribution in [2.45, 2.75) is 72.0 Å². The number of hydrogen-bond acceptors (Lipinski definition) is 6. The van der Waals surface area contributed by atoms with Gasteiger partial charge in [-0.1, -0.05) is 44.2 Å². The van der Waals surface area contributed by atoms with Gasteiger partial charge in [-0.25, -0.2) is 15.0 Å². The van der Waals surface area contributed by atoms with E-state index < -0.39 is 0 Å². The summed E-state index contributed by atoms with van der Waals surface area (Å²) in [5, 5.41) is 2.26. The zero-order valence-corrected chi connectivity index (χ0v) is 21.7. The van der Waals surface area contributed by atoms with Gasteiger partial charge in [0.1, 0.15) is 5.82 Å². The quantitative estimate of drug-likeness (QED) is 0.309. The summed E-state index contributed by atoms with van der Waals surface area (Å²) in [5.41, 5.74) is 9.09. The molecular formula is C27H36BN5O2. The molecule has 1 fully saturated rings. The van der Waals surface area contributed by atoms with Crippen LogP contribution in [0.5, 0.6) is 0 Å². The van der Waals surface area contributed by atoms with Crippen LogP contribution >= 0.6 is 0 Å². The molecule has 0 bridgehead atoms. The summed E-state index contributed by atoms with van der Waals surface area (Å²) in [4.78, 5) is 17.1. The standard InChI is InChI=1S/C25H30BN5O2.C2H6/c1-24(2)25(3,4)33-26(32-24)19-11-10-16-13-18(9-8-17(16)14-19)20-15-28-22-23(29-20)31-21(30-22)7-5-6-12-27;1-2/h8-11,13-15H,5-7,12,27H2,1-4H3,(H,28,29,30,31);1-2H3. The van der Waals surface area contributed by atoms with E-state index >= 15 is 0 Å². The Bertz CT molecular complexity index is 1300. The number of imidazole rings is 1. The van der Waals surface area contributed by atoms with Gasteiger partial charge >= 0.3 is 7.12 Å². The first-order chi connectivity index (χ1) is 16.8. The predicted molar refractivity (Wildman–Crippen MR) is 144 cm³/mol. The average Bonchev–Trinajstić information content (AvgIpc) is 3.35. The molecule has 184 valence electrons. The molecule has 0 aliphatic carbocycles. The third-order valence-electron chi connectivity index (χ3n) is 6.81. The molecule has 3 heterocycles. The van der Waals surface area contributed by atoms with Crippen LogP contribution in [0.2, 0.25) is 0 Å². The summed E-state index contributed by atoms with van der Waals surface area (Å²) in [6, 6.07) is 12.6. The number of aromatic amines is 1. The molecule has 0 radical (unpaired) electrons. The first kappa shape index (κ1) is 25.3. The first-order valence-electron chi connectivity index (χ1n) is 12.6. The maximum absolute atomic E-state index is 6.21. The number of aryl methyl sites for hydroxylation is 1. The van der Waals surface area contributed by atoms with Crippen molar-refractivity contribution in [2.24, 2.45) is 5.73 Å². The van der Waals surface area contributed by atoms with Gasteiger partial charge in [0.25, 0.3) is 0 Å². The van der Waals surface area contributed by atoms with E-state index in [1.54, 1.807) is 6.20 Å². The number of benzene rings is 2. The minimum absolute atomic E-state index is 0.356. The van der Waals surface area contributed by atoms with Gasteiger partial charge in [-0.05, 0) is 69.4 Å². The summed E-state index contributed by atoms with van der Waals surface area (Å²) >= 11 is 0. The van der Waals surface area contributed by atoms with E-state index in [1.807, 2.05) is 13.8 Å². The van der Waals surface area contributed by atoms with Crippen LogP contribution in [0.1, 0.15) is 60.2 Å². The van der Waals surface area contributed by atoms with E-state index in [-0.39, 0.29) is 18.3 Å². The van der Waals surface area contributed by atoms with E-state index in [0.29, 0.717) is 17.8 Å². The molecule has 7 nitrogen and oxygen atoms in total. The lowest BCUT2D eigenvalue weighted by molar-refractivity contribution is 0.00578. The fourth-order valence-corrected chi connectivity index (χ4v) is 4.08. The largest absolute Gasteiger partial charge is 0.494 e. The molecule has 8 heteroatoms. The second-order valence-corrected chi connectivity index (χ2v) is 9.77. The number of unbranched alkanes of at least 4 members (excludes halogenated alkanes) is 1. The SMILES string of the molecule is CC.CC1(C)OB(c2ccc3cc(-c4cnc5nc(CCCCN)[nH]c5n4)ccc3c2)OC1(C)C. The highest BCUT2D eigenvalue weighted by atomic mass is 16.7. The second kappa shape index (κ2) is 10.1. The molecule has 0 spiro atoms. The number of hydrogen-bond donors (Lipinski definition) is 2. The lowest BCUT2D eigenvalue weighted by Crippen LogP contribution is -2.41. The van der Waals surface area contributed by atoms with E-state index in [1.165, 1.54) is 0 Å².